The van der Waals surface area contributed by atoms with Gasteiger partial charge in [0.05, 0.1) is 15.7 Å². The zero-order valence-corrected chi connectivity index (χ0v) is 10.6. The van der Waals surface area contributed by atoms with E-state index in [2.05, 4.69) is 15.5 Å². The summed E-state index contributed by atoms with van der Waals surface area (Å²) in [7, 11) is 0. The Morgan fingerprint density at radius 2 is 2.12 bits per heavy atom. The van der Waals surface area contributed by atoms with Crippen LogP contribution in [0.1, 0.15) is 11.3 Å². The summed E-state index contributed by atoms with van der Waals surface area (Å²) in [5, 5.41) is 11.9. The number of benzene rings is 1. The van der Waals surface area contributed by atoms with Crippen LogP contribution in [0.25, 0.3) is 11.3 Å². The van der Waals surface area contributed by atoms with Crippen molar-refractivity contribution in [1.82, 2.24) is 15.5 Å². The van der Waals surface area contributed by atoms with Gasteiger partial charge in [-0.25, -0.2) is 0 Å². The molecule has 88 valence electrons. The Kier molecular flexibility index (Phi) is 2.82. The number of halogens is 2. The lowest BCUT2D eigenvalue weighted by molar-refractivity contribution is 0.637. The Morgan fingerprint density at radius 1 is 1.24 bits per heavy atom. The Labute approximate surface area is 109 Å². The molecule has 0 bridgehead atoms. The fraction of sp³-hybridized carbons (Fsp3) is 0.250. The monoisotopic (exact) mass is 267 g/mol. The topological polar surface area (TPSA) is 40.7 Å². The number of rotatable bonds is 1. The molecular formula is C12H11Cl2N3. The molecule has 1 aromatic heterocycles. The van der Waals surface area contributed by atoms with Gasteiger partial charge in [-0.05, 0) is 6.07 Å². The first-order valence-electron chi connectivity index (χ1n) is 5.48. The summed E-state index contributed by atoms with van der Waals surface area (Å²) in [6.07, 6.45) is 0.973. The van der Waals surface area contributed by atoms with Crippen LogP contribution in [0, 0.1) is 0 Å². The highest BCUT2D eigenvalue weighted by atomic mass is 35.5. The number of nitrogens with one attached hydrogen (secondary N) is 2. The number of H-pyrrole nitrogens is 1. The quantitative estimate of drug-likeness (QED) is 0.834. The minimum absolute atomic E-state index is 0.560. The first kappa shape index (κ1) is 11.1. The van der Waals surface area contributed by atoms with Crippen molar-refractivity contribution >= 4 is 23.2 Å². The van der Waals surface area contributed by atoms with Crippen molar-refractivity contribution in [1.29, 1.82) is 0 Å². The van der Waals surface area contributed by atoms with E-state index in [0.29, 0.717) is 10.0 Å². The first-order chi connectivity index (χ1) is 8.27. The van der Waals surface area contributed by atoms with E-state index in [-0.39, 0.29) is 0 Å². The Hall–Kier alpha value is -1.03. The number of nitrogens with zero attached hydrogens (tertiary/aromatic N) is 1. The molecule has 1 aliphatic heterocycles. The van der Waals surface area contributed by atoms with E-state index in [4.69, 9.17) is 23.2 Å². The van der Waals surface area contributed by atoms with Gasteiger partial charge in [0.15, 0.2) is 0 Å². The highest BCUT2D eigenvalue weighted by Crippen LogP contribution is 2.35. The predicted octanol–water partition coefficient (Wildman–Crippen LogP) is 3.03. The highest BCUT2D eigenvalue weighted by molar-refractivity contribution is 6.43. The summed E-state index contributed by atoms with van der Waals surface area (Å²) in [5.74, 6) is 0. The highest BCUT2D eigenvalue weighted by Gasteiger charge is 2.19. The molecule has 3 nitrogen and oxygen atoms in total. The van der Waals surface area contributed by atoms with Crippen LogP contribution in [-0.2, 0) is 13.0 Å². The van der Waals surface area contributed by atoms with Crippen LogP contribution in [-0.4, -0.2) is 16.7 Å². The molecule has 0 amide bonds. The lowest BCUT2D eigenvalue weighted by Gasteiger charge is -2.13. The van der Waals surface area contributed by atoms with Crippen molar-refractivity contribution in [3.8, 4) is 11.3 Å². The second-order valence-electron chi connectivity index (χ2n) is 4.06. The van der Waals surface area contributed by atoms with Crippen LogP contribution in [0.4, 0.5) is 0 Å². The lowest BCUT2D eigenvalue weighted by atomic mass is 10.0. The van der Waals surface area contributed by atoms with Crippen molar-refractivity contribution in [3.05, 3.63) is 39.5 Å². The molecule has 0 saturated heterocycles. The van der Waals surface area contributed by atoms with Crippen LogP contribution >= 0.6 is 23.2 Å². The van der Waals surface area contributed by atoms with Gasteiger partial charge in [-0.1, -0.05) is 35.3 Å². The zero-order valence-electron chi connectivity index (χ0n) is 9.06. The molecule has 2 heterocycles. The number of fused-ring (bicyclic) bond motifs is 1. The summed E-state index contributed by atoms with van der Waals surface area (Å²) in [6, 6.07) is 5.62. The van der Waals surface area contributed by atoms with Crippen LogP contribution in [0.3, 0.4) is 0 Å². The summed E-state index contributed by atoms with van der Waals surface area (Å²) >= 11 is 12.2. The fourth-order valence-electron chi connectivity index (χ4n) is 2.13. The third-order valence-corrected chi connectivity index (χ3v) is 3.83. The van der Waals surface area contributed by atoms with Gasteiger partial charge in [-0.3, -0.25) is 5.10 Å². The van der Waals surface area contributed by atoms with E-state index in [1.165, 1.54) is 11.3 Å². The van der Waals surface area contributed by atoms with Gasteiger partial charge in [-0.2, -0.15) is 5.10 Å². The molecular weight excluding hydrogens is 257 g/mol. The normalized spacial score (nSPS) is 14.7. The number of hydrogen-bond donors (Lipinski definition) is 2. The molecule has 0 aliphatic carbocycles. The summed E-state index contributed by atoms with van der Waals surface area (Å²) in [5.41, 5.74) is 4.18. The Bertz CT molecular complexity index is 563. The largest absolute Gasteiger partial charge is 0.312 e. The van der Waals surface area contributed by atoms with Crippen LogP contribution in [0.5, 0.6) is 0 Å². The van der Waals surface area contributed by atoms with Gasteiger partial charge in [0, 0.05) is 36.3 Å². The van der Waals surface area contributed by atoms with Gasteiger partial charge in [0.2, 0.25) is 0 Å². The van der Waals surface area contributed by atoms with E-state index in [0.717, 1.165) is 30.8 Å². The fourth-order valence-corrected chi connectivity index (χ4v) is 2.52. The second kappa shape index (κ2) is 4.33. The van der Waals surface area contributed by atoms with Crippen LogP contribution in [0.15, 0.2) is 18.2 Å². The van der Waals surface area contributed by atoms with Crippen LogP contribution in [0.2, 0.25) is 10.0 Å². The molecule has 0 unspecified atom stereocenters. The lowest BCUT2D eigenvalue weighted by Crippen LogP contribution is -2.23. The van der Waals surface area contributed by atoms with Gasteiger partial charge < -0.3 is 5.32 Å². The van der Waals surface area contributed by atoms with Crippen molar-refractivity contribution < 1.29 is 0 Å². The maximum atomic E-state index is 6.22. The Balaban J connectivity index is 2.15. The van der Waals surface area contributed by atoms with Gasteiger partial charge >= 0.3 is 0 Å². The molecule has 1 aliphatic rings. The minimum Gasteiger partial charge on any atom is -0.312 e. The van der Waals surface area contributed by atoms with E-state index in [9.17, 15) is 0 Å². The SMILES string of the molecule is Clc1cccc(-c2n[nH]c3c2CNCC3)c1Cl. The zero-order chi connectivity index (χ0) is 11.8. The van der Waals surface area contributed by atoms with Gasteiger partial charge in [-0.15, -0.1) is 0 Å². The average molecular weight is 268 g/mol. The van der Waals surface area contributed by atoms with Crippen LogP contribution < -0.4 is 5.32 Å². The number of aromatic amines is 1. The maximum Gasteiger partial charge on any atom is 0.0984 e. The molecule has 2 N–H and O–H groups in total. The first-order valence-corrected chi connectivity index (χ1v) is 6.24. The van der Waals surface area contributed by atoms with Crippen molar-refractivity contribution in [3.63, 3.8) is 0 Å². The number of hydrogen-bond acceptors (Lipinski definition) is 2. The molecule has 2 aromatic rings. The van der Waals surface area contributed by atoms with Gasteiger partial charge in [0.25, 0.3) is 0 Å². The minimum atomic E-state index is 0.560. The second-order valence-corrected chi connectivity index (χ2v) is 4.84. The molecule has 1 aromatic carbocycles. The summed E-state index contributed by atoms with van der Waals surface area (Å²) < 4.78 is 0. The van der Waals surface area contributed by atoms with Crippen molar-refractivity contribution in [2.45, 2.75) is 13.0 Å². The summed E-state index contributed by atoms with van der Waals surface area (Å²) in [6.45, 7) is 1.81. The molecule has 0 radical (unpaired) electrons. The predicted molar refractivity (Wildman–Crippen MR) is 69.5 cm³/mol. The standard InChI is InChI=1S/C12H11Cl2N3/c13-9-3-1-2-7(11(9)14)12-8-6-15-5-4-10(8)16-17-12/h1-3,15H,4-6H2,(H,16,17). The molecule has 3 rings (SSSR count). The van der Waals surface area contributed by atoms with E-state index in [1.807, 2.05) is 12.1 Å². The molecule has 0 spiro atoms. The smallest absolute Gasteiger partial charge is 0.0984 e. The summed E-state index contributed by atoms with van der Waals surface area (Å²) in [4.78, 5) is 0. The number of aromatic nitrogens is 2. The molecule has 0 saturated carbocycles. The third kappa shape index (κ3) is 1.84. The molecule has 5 heteroatoms. The van der Waals surface area contributed by atoms with E-state index >= 15 is 0 Å². The third-order valence-electron chi connectivity index (χ3n) is 3.01. The average Bonchev–Trinajstić information content (AvgIpc) is 2.77. The van der Waals surface area contributed by atoms with Gasteiger partial charge in [0.1, 0.15) is 0 Å². The van der Waals surface area contributed by atoms with E-state index in [1.54, 1.807) is 6.07 Å². The van der Waals surface area contributed by atoms with Crippen molar-refractivity contribution in [2.75, 3.05) is 6.54 Å². The molecule has 0 fully saturated rings. The van der Waals surface area contributed by atoms with Crippen molar-refractivity contribution in [2.24, 2.45) is 0 Å². The Morgan fingerprint density at radius 3 is 3.00 bits per heavy atom. The molecule has 17 heavy (non-hydrogen) atoms. The van der Waals surface area contributed by atoms with E-state index < -0.39 is 0 Å². The molecule has 0 atom stereocenters. The maximum absolute atomic E-state index is 6.22.